The average molecular weight is 421 g/mol. The van der Waals surface area contributed by atoms with Gasteiger partial charge in [-0.25, -0.2) is 4.98 Å². The van der Waals surface area contributed by atoms with Crippen molar-refractivity contribution in [2.75, 3.05) is 4.90 Å². The lowest BCUT2D eigenvalue weighted by molar-refractivity contribution is -0.126. The summed E-state index contributed by atoms with van der Waals surface area (Å²) in [6.07, 6.45) is 5.98. The van der Waals surface area contributed by atoms with Gasteiger partial charge in [0, 0.05) is 30.2 Å². The number of fused-ring (bicyclic) bond motifs is 3. The molecule has 1 aliphatic heterocycles. The molecule has 0 bridgehead atoms. The smallest absolute Gasteiger partial charge is 0.238 e. The molecule has 1 saturated carbocycles. The zero-order valence-corrected chi connectivity index (χ0v) is 17.1. The number of aryl methyl sites for hydroxylation is 1. The van der Waals surface area contributed by atoms with Gasteiger partial charge in [-0.1, -0.05) is 11.6 Å². The predicted octanol–water partition coefficient (Wildman–Crippen LogP) is 3.29. The Kier molecular flexibility index (Phi) is 4.49. The molecule has 2 aliphatic rings. The lowest BCUT2D eigenvalue weighted by atomic mass is 9.62. The summed E-state index contributed by atoms with van der Waals surface area (Å²) in [6, 6.07) is 9.78. The highest BCUT2D eigenvalue weighted by atomic mass is 35.5. The second kappa shape index (κ2) is 7.08. The van der Waals surface area contributed by atoms with Crippen molar-refractivity contribution in [1.82, 2.24) is 14.5 Å². The molecule has 8 heteroatoms. The van der Waals surface area contributed by atoms with E-state index in [0.29, 0.717) is 43.8 Å². The number of rotatable bonds is 5. The van der Waals surface area contributed by atoms with Crippen molar-refractivity contribution < 1.29 is 4.79 Å². The van der Waals surface area contributed by atoms with Crippen LogP contribution in [0, 0.1) is 11.3 Å². The van der Waals surface area contributed by atoms with Crippen LogP contribution < -0.4 is 10.6 Å². The molecule has 0 radical (unpaired) electrons. The van der Waals surface area contributed by atoms with E-state index in [-0.39, 0.29) is 11.9 Å². The molecule has 1 aliphatic carbocycles. The Bertz CT molecular complexity index is 1190. The highest BCUT2D eigenvalue weighted by Gasteiger charge is 2.57. The number of carbonyl (C=O) groups is 1. The van der Waals surface area contributed by atoms with E-state index in [9.17, 15) is 4.79 Å². The third-order valence-electron chi connectivity index (χ3n) is 6.24. The Hall–Kier alpha value is -2.95. The van der Waals surface area contributed by atoms with Gasteiger partial charge in [0.2, 0.25) is 5.91 Å². The van der Waals surface area contributed by atoms with Crippen molar-refractivity contribution in [1.29, 1.82) is 5.26 Å². The van der Waals surface area contributed by atoms with Crippen molar-refractivity contribution in [2.45, 2.75) is 50.2 Å². The minimum Gasteiger partial charge on any atom is -0.328 e. The van der Waals surface area contributed by atoms with Crippen molar-refractivity contribution in [3.8, 4) is 6.07 Å². The largest absolute Gasteiger partial charge is 0.328 e. The van der Waals surface area contributed by atoms with Crippen LogP contribution in [0.25, 0.3) is 11.0 Å². The number of unbranched alkanes of at least 4 members (excludes halogenated alkanes) is 1. The van der Waals surface area contributed by atoms with Crippen LogP contribution in [0.15, 0.2) is 36.7 Å². The number of pyridine rings is 1. The molecule has 5 rings (SSSR count). The first-order valence-electron chi connectivity index (χ1n) is 10.1. The van der Waals surface area contributed by atoms with Crippen LogP contribution in [0.3, 0.4) is 0 Å². The van der Waals surface area contributed by atoms with Crippen molar-refractivity contribution >= 4 is 34.2 Å². The van der Waals surface area contributed by atoms with Gasteiger partial charge < -0.3 is 15.2 Å². The summed E-state index contributed by atoms with van der Waals surface area (Å²) < 4.78 is 2.09. The van der Waals surface area contributed by atoms with Crippen molar-refractivity contribution in [3.05, 3.63) is 53.1 Å². The minimum atomic E-state index is -0.529. The monoisotopic (exact) mass is 420 g/mol. The molecule has 152 valence electrons. The number of nitriles is 1. The van der Waals surface area contributed by atoms with Gasteiger partial charge >= 0.3 is 0 Å². The molecule has 1 amide bonds. The third-order valence-corrected chi connectivity index (χ3v) is 6.48. The molecule has 0 unspecified atom stereocenters. The van der Waals surface area contributed by atoms with Crippen LogP contribution in [0.5, 0.6) is 0 Å². The van der Waals surface area contributed by atoms with Gasteiger partial charge in [-0.05, 0) is 49.1 Å². The zero-order valence-electron chi connectivity index (χ0n) is 16.4. The summed E-state index contributed by atoms with van der Waals surface area (Å²) >= 11 is 6.17. The number of amides is 1. The van der Waals surface area contributed by atoms with Crippen LogP contribution in [-0.2, 0) is 23.3 Å². The van der Waals surface area contributed by atoms with Gasteiger partial charge in [0.05, 0.1) is 40.9 Å². The summed E-state index contributed by atoms with van der Waals surface area (Å²) in [5.41, 5.74) is 9.12. The predicted molar refractivity (Wildman–Crippen MR) is 114 cm³/mol. The molecular weight excluding hydrogens is 400 g/mol. The Balaban J connectivity index is 1.55. The van der Waals surface area contributed by atoms with Crippen molar-refractivity contribution in [3.63, 3.8) is 0 Å². The first-order chi connectivity index (χ1) is 14.5. The number of imidazole rings is 1. The molecule has 3 heterocycles. The number of nitrogens with two attached hydrogens (primary N) is 1. The van der Waals surface area contributed by atoms with Crippen molar-refractivity contribution in [2.24, 2.45) is 5.73 Å². The quantitative estimate of drug-likeness (QED) is 0.638. The van der Waals surface area contributed by atoms with E-state index in [0.717, 1.165) is 28.1 Å². The topological polar surface area (TPSA) is 101 Å². The standard InChI is InChI=1S/C22H21ClN6O/c23-14-3-4-18-17(9-14)27-20(28(18)8-2-1-6-24)13-29-19-12-26-7-5-16(19)22(21(29)30)10-15(25)11-22/h3-5,7,9,12,15H,1-2,8,10-11,13,25H2. The van der Waals surface area contributed by atoms with E-state index in [1.165, 1.54) is 0 Å². The second-order valence-corrected chi connectivity index (χ2v) is 8.55. The molecule has 2 aromatic heterocycles. The second-order valence-electron chi connectivity index (χ2n) is 8.11. The van der Waals surface area contributed by atoms with Gasteiger partial charge in [0.1, 0.15) is 5.82 Å². The molecule has 30 heavy (non-hydrogen) atoms. The van der Waals surface area contributed by atoms with E-state index in [1.54, 1.807) is 17.3 Å². The van der Waals surface area contributed by atoms with E-state index in [2.05, 4.69) is 15.6 Å². The fourth-order valence-electron chi connectivity index (χ4n) is 4.86. The molecule has 0 atom stereocenters. The molecule has 3 aromatic rings. The number of halogens is 1. The highest BCUT2D eigenvalue weighted by Crippen LogP contribution is 2.53. The van der Waals surface area contributed by atoms with Crippen LogP contribution in [0.1, 0.15) is 37.1 Å². The Morgan fingerprint density at radius 3 is 2.93 bits per heavy atom. The summed E-state index contributed by atoms with van der Waals surface area (Å²) in [5, 5.41) is 9.55. The van der Waals surface area contributed by atoms with Gasteiger partial charge in [-0.15, -0.1) is 0 Å². The minimum absolute atomic E-state index is 0.0487. The lowest BCUT2D eigenvalue weighted by Gasteiger charge is -2.42. The first kappa shape index (κ1) is 19.0. The molecule has 2 N–H and O–H groups in total. The molecular formula is C22H21ClN6O. The lowest BCUT2D eigenvalue weighted by Crippen LogP contribution is -2.54. The average Bonchev–Trinajstić information content (AvgIpc) is 3.16. The SMILES string of the molecule is N#CCCCn1c(CN2C(=O)C3(CC(N)C3)c3ccncc32)nc2cc(Cl)ccc21. The molecule has 0 saturated heterocycles. The van der Waals surface area contributed by atoms with Gasteiger partial charge in [0.25, 0.3) is 0 Å². The molecule has 1 fully saturated rings. The number of aromatic nitrogens is 3. The van der Waals surface area contributed by atoms with Gasteiger partial charge in [0.15, 0.2) is 0 Å². The van der Waals surface area contributed by atoms with Crippen LogP contribution >= 0.6 is 11.6 Å². The first-order valence-corrected chi connectivity index (χ1v) is 10.4. The number of benzene rings is 1. The fourth-order valence-corrected chi connectivity index (χ4v) is 5.02. The summed E-state index contributed by atoms with van der Waals surface area (Å²) in [4.78, 5) is 24.3. The summed E-state index contributed by atoms with van der Waals surface area (Å²) in [5.74, 6) is 0.842. The fraction of sp³-hybridized carbons (Fsp3) is 0.364. The van der Waals surface area contributed by atoms with E-state index in [1.807, 2.05) is 24.3 Å². The van der Waals surface area contributed by atoms with E-state index < -0.39 is 5.41 Å². The maximum absolute atomic E-state index is 13.5. The number of nitrogens with zero attached hydrogens (tertiary/aromatic N) is 5. The van der Waals surface area contributed by atoms with Crippen LogP contribution in [0.4, 0.5) is 5.69 Å². The van der Waals surface area contributed by atoms with Crippen LogP contribution in [0.2, 0.25) is 5.02 Å². The summed E-state index contributed by atoms with van der Waals surface area (Å²) in [6.45, 7) is 0.992. The maximum Gasteiger partial charge on any atom is 0.238 e. The Labute approximate surface area is 179 Å². The van der Waals surface area contributed by atoms with Gasteiger partial charge in [-0.2, -0.15) is 5.26 Å². The maximum atomic E-state index is 13.5. The Morgan fingerprint density at radius 2 is 2.17 bits per heavy atom. The third kappa shape index (κ3) is 2.79. The number of anilines is 1. The van der Waals surface area contributed by atoms with Gasteiger partial charge in [-0.3, -0.25) is 9.78 Å². The highest BCUT2D eigenvalue weighted by molar-refractivity contribution is 6.31. The summed E-state index contributed by atoms with van der Waals surface area (Å²) in [7, 11) is 0. The number of carbonyl (C=O) groups excluding carboxylic acids is 1. The zero-order chi connectivity index (χ0) is 20.9. The normalized spacial score (nSPS) is 22.4. The number of hydrogen-bond acceptors (Lipinski definition) is 5. The van der Waals surface area contributed by atoms with E-state index in [4.69, 9.17) is 27.6 Å². The van der Waals surface area contributed by atoms with E-state index >= 15 is 0 Å². The van der Waals surface area contributed by atoms with Crippen LogP contribution in [-0.4, -0.2) is 26.5 Å². The number of hydrogen-bond donors (Lipinski definition) is 1. The molecule has 7 nitrogen and oxygen atoms in total. The molecule has 1 spiro atoms. The molecule has 1 aromatic carbocycles. The Morgan fingerprint density at radius 1 is 1.33 bits per heavy atom.